The zero-order valence-electron chi connectivity index (χ0n) is 22.4. The number of carbonyl (C=O) groups is 2. The largest absolute Gasteiger partial charge is 0.506 e. The van der Waals surface area contributed by atoms with Gasteiger partial charge in [-0.3, -0.25) is 9.59 Å². The summed E-state index contributed by atoms with van der Waals surface area (Å²) >= 11 is 0. The summed E-state index contributed by atoms with van der Waals surface area (Å²) in [6, 6.07) is 11.6. The fourth-order valence-electron chi connectivity index (χ4n) is 5.41. The van der Waals surface area contributed by atoms with Gasteiger partial charge in [0.15, 0.2) is 11.4 Å². The predicted octanol–water partition coefficient (Wildman–Crippen LogP) is 0.242. The fraction of sp³-hybridized carbons (Fsp3) is 0.379. The number of phenols is 1. The van der Waals surface area contributed by atoms with Crippen molar-refractivity contribution in [3.63, 3.8) is 0 Å². The summed E-state index contributed by atoms with van der Waals surface area (Å²) in [4.78, 5) is 27.7. The molecule has 0 radical (unpaired) electrons. The number of ether oxygens (including phenoxy) is 3. The van der Waals surface area contributed by atoms with E-state index in [0.717, 1.165) is 5.56 Å². The average molecular weight is 570 g/mol. The Balaban J connectivity index is 1.54. The summed E-state index contributed by atoms with van der Waals surface area (Å²) < 4.78 is 16.7. The Kier molecular flexibility index (Phi) is 7.64. The number of ketones is 1. The quantitative estimate of drug-likeness (QED) is 0.204. The van der Waals surface area contributed by atoms with Gasteiger partial charge in [0.1, 0.15) is 35.6 Å². The number of methoxy groups -OCH3 is 1. The number of aliphatic hydroxyl groups is 5. The van der Waals surface area contributed by atoms with E-state index in [9.17, 15) is 40.2 Å². The number of Topliss-reactive ketones (excluding diaryl/α,β-unsaturated/α-hetero) is 1. The number of aryl methyl sites for hydroxylation is 1. The molecule has 12 heteroatoms. The molecule has 5 atom stereocenters. The molecule has 41 heavy (non-hydrogen) atoms. The van der Waals surface area contributed by atoms with Crippen LogP contribution in [0.15, 0.2) is 42.5 Å². The van der Waals surface area contributed by atoms with Crippen molar-refractivity contribution in [2.45, 2.75) is 43.7 Å². The number of amides is 1. The minimum absolute atomic E-state index is 0.0286. The molecule has 3 aromatic rings. The molecular formula is C29H31NO11. The van der Waals surface area contributed by atoms with E-state index in [1.54, 1.807) is 31.2 Å². The lowest BCUT2D eigenvalue weighted by atomic mass is 9.87. The molecular weight excluding hydrogens is 538 g/mol. The molecule has 1 amide bonds. The first-order chi connectivity index (χ1) is 19.5. The third-order valence-corrected chi connectivity index (χ3v) is 7.68. The molecule has 0 spiro atoms. The second kappa shape index (κ2) is 10.9. The SMILES string of the molecule is COc1cc(O[C@@H]2O[C@H](CO)[C@@H](O)[C@H](O)[C@]2(O)CO)c2c(O)c(C(=O)CN3Cc4ccccc4C3=O)c(C)cc2c1. The van der Waals surface area contributed by atoms with Gasteiger partial charge in [-0.1, -0.05) is 24.3 Å². The van der Waals surface area contributed by atoms with Gasteiger partial charge < -0.3 is 49.7 Å². The summed E-state index contributed by atoms with van der Waals surface area (Å²) in [6.45, 7) is -0.236. The molecule has 0 bridgehead atoms. The Labute approximate surface area is 234 Å². The van der Waals surface area contributed by atoms with Gasteiger partial charge in [-0.2, -0.15) is 0 Å². The standard InChI is InChI=1S/C29H31NO11/c1-14-7-16-8-17(39-2)9-20(40-28-29(38,13-32)26(36)24(34)21(12-31)41-28)23(16)25(35)22(14)19(33)11-30-10-15-5-3-4-6-18(15)27(30)37/h3-9,21,24,26,28,31-32,34-36,38H,10-13H2,1-2H3/t21-,24-,26+,28-,29-/m1/s1. The first kappa shape index (κ1) is 28.7. The summed E-state index contributed by atoms with van der Waals surface area (Å²) in [6.07, 6.45) is -6.89. The number of fused-ring (bicyclic) bond motifs is 2. The highest BCUT2D eigenvalue weighted by Crippen LogP contribution is 2.43. The van der Waals surface area contributed by atoms with E-state index in [1.165, 1.54) is 18.1 Å². The first-order valence-corrected chi connectivity index (χ1v) is 12.9. The first-order valence-electron chi connectivity index (χ1n) is 12.9. The molecule has 2 aliphatic heterocycles. The second-order valence-corrected chi connectivity index (χ2v) is 10.3. The zero-order chi connectivity index (χ0) is 29.6. The molecule has 218 valence electrons. The lowest BCUT2D eigenvalue weighted by molar-refractivity contribution is -0.327. The lowest BCUT2D eigenvalue weighted by Crippen LogP contribution is -2.69. The highest BCUT2D eigenvalue weighted by molar-refractivity contribution is 6.10. The van der Waals surface area contributed by atoms with Crippen molar-refractivity contribution >= 4 is 22.5 Å². The van der Waals surface area contributed by atoms with Crippen molar-refractivity contribution in [1.29, 1.82) is 0 Å². The van der Waals surface area contributed by atoms with E-state index >= 15 is 0 Å². The molecule has 0 aromatic heterocycles. The maximum absolute atomic E-state index is 13.5. The van der Waals surface area contributed by atoms with Gasteiger partial charge in [0.05, 0.1) is 37.8 Å². The highest BCUT2D eigenvalue weighted by Gasteiger charge is 2.56. The Hall–Kier alpha value is -3.78. The second-order valence-electron chi connectivity index (χ2n) is 10.3. The fourth-order valence-corrected chi connectivity index (χ4v) is 5.41. The van der Waals surface area contributed by atoms with Gasteiger partial charge >= 0.3 is 0 Å². The molecule has 12 nitrogen and oxygen atoms in total. The Morgan fingerprint density at radius 1 is 1.17 bits per heavy atom. The third-order valence-electron chi connectivity index (χ3n) is 7.68. The van der Waals surface area contributed by atoms with Crippen molar-refractivity contribution < 1.29 is 54.4 Å². The van der Waals surface area contributed by atoms with Crippen molar-refractivity contribution in [3.05, 3.63) is 64.7 Å². The Morgan fingerprint density at radius 2 is 1.90 bits per heavy atom. The molecule has 5 rings (SSSR count). The lowest BCUT2D eigenvalue weighted by Gasteiger charge is -2.46. The van der Waals surface area contributed by atoms with Crippen LogP contribution in [0.4, 0.5) is 0 Å². The normalized spacial score (nSPS) is 25.8. The van der Waals surface area contributed by atoms with Crippen LogP contribution in [0.1, 0.15) is 31.8 Å². The van der Waals surface area contributed by atoms with Gasteiger partial charge in [0.2, 0.25) is 6.29 Å². The van der Waals surface area contributed by atoms with E-state index in [2.05, 4.69) is 0 Å². The van der Waals surface area contributed by atoms with Gasteiger partial charge in [-0.05, 0) is 35.6 Å². The van der Waals surface area contributed by atoms with Crippen LogP contribution in [0, 0.1) is 6.92 Å². The van der Waals surface area contributed by atoms with E-state index in [1.807, 2.05) is 12.1 Å². The zero-order valence-corrected chi connectivity index (χ0v) is 22.4. The van der Waals surface area contributed by atoms with Gasteiger partial charge in [-0.25, -0.2) is 0 Å². The van der Waals surface area contributed by atoms with E-state index in [-0.39, 0.29) is 41.4 Å². The van der Waals surface area contributed by atoms with Gasteiger partial charge in [0, 0.05) is 18.2 Å². The number of aromatic hydroxyl groups is 1. The van der Waals surface area contributed by atoms with Crippen LogP contribution in [-0.4, -0.2) is 104 Å². The molecule has 2 heterocycles. The minimum atomic E-state index is -2.52. The predicted molar refractivity (Wildman–Crippen MR) is 143 cm³/mol. The maximum atomic E-state index is 13.5. The molecule has 0 saturated carbocycles. The average Bonchev–Trinajstić information content (AvgIpc) is 3.27. The van der Waals surface area contributed by atoms with Crippen LogP contribution in [-0.2, 0) is 11.3 Å². The van der Waals surface area contributed by atoms with Gasteiger partial charge in [0.25, 0.3) is 5.91 Å². The van der Waals surface area contributed by atoms with E-state index < -0.39 is 54.9 Å². The minimum Gasteiger partial charge on any atom is -0.506 e. The number of aliphatic hydroxyl groups excluding tert-OH is 4. The number of phenolic OH excluding ortho intramolecular Hbond substituents is 1. The van der Waals surface area contributed by atoms with E-state index in [0.29, 0.717) is 16.5 Å². The Morgan fingerprint density at radius 3 is 2.56 bits per heavy atom. The summed E-state index contributed by atoms with van der Waals surface area (Å²) in [7, 11) is 1.39. The molecule has 0 unspecified atom stereocenters. The van der Waals surface area contributed by atoms with Gasteiger partial charge in [-0.15, -0.1) is 0 Å². The molecule has 0 aliphatic carbocycles. The highest BCUT2D eigenvalue weighted by atomic mass is 16.7. The summed E-state index contributed by atoms with van der Waals surface area (Å²) in [5, 5.41) is 63.1. The molecule has 6 N–H and O–H groups in total. The Bertz CT molecular complexity index is 1510. The van der Waals surface area contributed by atoms with E-state index in [4.69, 9.17) is 14.2 Å². The van der Waals surface area contributed by atoms with Crippen LogP contribution in [0.5, 0.6) is 17.2 Å². The number of nitrogens with zero attached hydrogens (tertiary/aromatic N) is 1. The van der Waals surface area contributed by atoms with Crippen molar-refractivity contribution in [2.75, 3.05) is 26.9 Å². The number of hydrogen-bond donors (Lipinski definition) is 6. The molecule has 3 aromatic carbocycles. The summed E-state index contributed by atoms with van der Waals surface area (Å²) in [5.41, 5.74) is -0.848. The van der Waals surface area contributed by atoms with Crippen LogP contribution in [0.3, 0.4) is 0 Å². The number of rotatable bonds is 8. The maximum Gasteiger partial charge on any atom is 0.254 e. The molecule has 1 fully saturated rings. The van der Waals surface area contributed by atoms with Crippen LogP contribution < -0.4 is 9.47 Å². The van der Waals surface area contributed by atoms with Crippen LogP contribution in [0.2, 0.25) is 0 Å². The summed E-state index contributed by atoms with van der Waals surface area (Å²) in [5.74, 6) is -1.15. The van der Waals surface area contributed by atoms with Crippen molar-refractivity contribution in [3.8, 4) is 17.2 Å². The number of hydrogen-bond acceptors (Lipinski definition) is 11. The number of carbonyl (C=O) groups excluding carboxylic acids is 2. The monoisotopic (exact) mass is 569 g/mol. The third kappa shape index (κ3) is 4.78. The van der Waals surface area contributed by atoms with Crippen LogP contribution >= 0.6 is 0 Å². The van der Waals surface area contributed by atoms with Crippen LogP contribution in [0.25, 0.3) is 10.8 Å². The molecule has 1 saturated heterocycles. The number of benzene rings is 3. The molecule has 2 aliphatic rings. The van der Waals surface area contributed by atoms with Crippen molar-refractivity contribution in [1.82, 2.24) is 4.90 Å². The smallest absolute Gasteiger partial charge is 0.254 e. The van der Waals surface area contributed by atoms with Crippen molar-refractivity contribution in [2.24, 2.45) is 0 Å². The topological polar surface area (TPSA) is 186 Å².